The molecule has 1 aromatic rings. The van der Waals surface area contributed by atoms with Gasteiger partial charge in [0.15, 0.2) is 0 Å². The monoisotopic (exact) mass is 241 g/mol. The normalized spacial score (nSPS) is 25.3. The van der Waals surface area contributed by atoms with Crippen molar-refractivity contribution in [2.45, 2.75) is 45.2 Å². The quantitative estimate of drug-likeness (QED) is 0.809. The minimum absolute atomic E-state index is 0.596. The molecule has 0 aliphatic carbocycles. The molecule has 1 aliphatic heterocycles. The summed E-state index contributed by atoms with van der Waals surface area (Å²) in [5.41, 5.74) is 0. The molecule has 0 amide bonds. The highest BCUT2D eigenvalue weighted by atomic mass is 32.1. The Morgan fingerprint density at radius 2 is 2.06 bits per heavy atom. The van der Waals surface area contributed by atoms with Gasteiger partial charge in [-0.2, -0.15) is 4.37 Å². The maximum Gasteiger partial charge on any atom is 0.205 e. The van der Waals surface area contributed by atoms with E-state index in [4.69, 9.17) is 4.74 Å². The topological polar surface area (TPSA) is 38.2 Å². The third-order valence-electron chi connectivity index (χ3n) is 3.16. The van der Waals surface area contributed by atoms with Crippen molar-refractivity contribution in [2.75, 3.05) is 18.6 Å². The smallest absolute Gasteiger partial charge is 0.205 e. The molecule has 1 fully saturated rings. The van der Waals surface area contributed by atoms with Gasteiger partial charge >= 0.3 is 0 Å². The van der Waals surface area contributed by atoms with Crippen LogP contribution in [0.15, 0.2) is 0 Å². The predicted molar refractivity (Wildman–Crippen MR) is 66.1 cm³/mol. The van der Waals surface area contributed by atoms with Crippen LogP contribution < -0.4 is 4.90 Å². The van der Waals surface area contributed by atoms with Gasteiger partial charge in [-0.1, -0.05) is 0 Å². The number of ether oxygens (including phenoxy) is 1. The molecule has 2 unspecified atom stereocenters. The van der Waals surface area contributed by atoms with Crippen LogP contribution in [-0.4, -0.2) is 35.2 Å². The third kappa shape index (κ3) is 2.35. The Morgan fingerprint density at radius 1 is 1.38 bits per heavy atom. The van der Waals surface area contributed by atoms with Gasteiger partial charge in [-0.25, -0.2) is 4.98 Å². The molecule has 0 saturated carbocycles. The minimum Gasteiger partial charge on any atom is -0.384 e. The van der Waals surface area contributed by atoms with E-state index in [1.54, 1.807) is 7.11 Å². The summed E-state index contributed by atoms with van der Waals surface area (Å²) in [5, 5.41) is 1.07. The molecular formula is C11H19N3OS. The van der Waals surface area contributed by atoms with Crippen molar-refractivity contribution in [1.82, 2.24) is 9.36 Å². The lowest BCUT2D eigenvalue weighted by atomic mass is 10.2. The van der Waals surface area contributed by atoms with Crippen LogP contribution >= 0.6 is 11.5 Å². The molecule has 1 aromatic heterocycles. The Hall–Kier alpha value is -0.680. The average Bonchev–Trinajstić information content (AvgIpc) is 2.83. The summed E-state index contributed by atoms with van der Waals surface area (Å²) < 4.78 is 9.41. The summed E-state index contributed by atoms with van der Waals surface area (Å²) in [7, 11) is 1.71. The fourth-order valence-corrected chi connectivity index (χ4v) is 3.14. The van der Waals surface area contributed by atoms with Crippen molar-refractivity contribution in [3.05, 3.63) is 5.82 Å². The van der Waals surface area contributed by atoms with Gasteiger partial charge in [0, 0.05) is 37.1 Å². The number of aromatic nitrogens is 2. The van der Waals surface area contributed by atoms with Crippen molar-refractivity contribution in [3.8, 4) is 0 Å². The summed E-state index contributed by atoms with van der Waals surface area (Å²) in [6.07, 6.45) is 3.33. The maximum atomic E-state index is 5.03. The lowest BCUT2D eigenvalue weighted by molar-refractivity contribution is 0.201. The number of nitrogens with zero attached hydrogens (tertiary/aromatic N) is 3. The van der Waals surface area contributed by atoms with E-state index in [-0.39, 0.29) is 0 Å². The second-order valence-corrected chi connectivity index (χ2v) is 5.15. The SMILES string of the molecule is COCCc1nsc(N2C(C)CCC2C)n1. The largest absolute Gasteiger partial charge is 0.384 e. The molecule has 0 spiro atoms. The van der Waals surface area contributed by atoms with E-state index in [0.717, 1.165) is 17.4 Å². The number of methoxy groups -OCH3 is 1. The van der Waals surface area contributed by atoms with Crippen LogP contribution in [0.25, 0.3) is 0 Å². The van der Waals surface area contributed by atoms with Crippen LogP contribution in [0.5, 0.6) is 0 Å². The first-order chi connectivity index (χ1) is 7.72. The number of hydrogen-bond acceptors (Lipinski definition) is 5. The van der Waals surface area contributed by atoms with Gasteiger partial charge in [0.2, 0.25) is 5.13 Å². The van der Waals surface area contributed by atoms with Gasteiger partial charge in [-0.3, -0.25) is 0 Å². The summed E-state index contributed by atoms with van der Waals surface area (Å²) in [6, 6.07) is 1.19. The van der Waals surface area contributed by atoms with Crippen molar-refractivity contribution in [2.24, 2.45) is 0 Å². The molecule has 90 valence electrons. The summed E-state index contributed by atoms with van der Waals surface area (Å²) in [4.78, 5) is 6.98. The molecule has 0 aromatic carbocycles. The Morgan fingerprint density at radius 3 is 2.69 bits per heavy atom. The van der Waals surface area contributed by atoms with Gasteiger partial charge in [0.05, 0.1) is 6.61 Å². The maximum absolute atomic E-state index is 5.03. The number of hydrogen-bond donors (Lipinski definition) is 0. The number of rotatable bonds is 4. The lowest BCUT2D eigenvalue weighted by Gasteiger charge is -2.24. The Kier molecular flexibility index (Phi) is 3.76. The van der Waals surface area contributed by atoms with Crippen LogP contribution in [0.4, 0.5) is 5.13 Å². The van der Waals surface area contributed by atoms with Crippen LogP contribution in [0.3, 0.4) is 0 Å². The van der Waals surface area contributed by atoms with Crippen LogP contribution in [0.1, 0.15) is 32.5 Å². The zero-order valence-corrected chi connectivity index (χ0v) is 11.0. The van der Waals surface area contributed by atoms with E-state index in [1.165, 1.54) is 24.4 Å². The van der Waals surface area contributed by atoms with Crippen LogP contribution in [0.2, 0.25) is 0 Å². The number of anilines is 1. The molecule has 2 heterocycles. The van der Waals surface area contributed by atoms with E-state index < -0.39 is 0 Å². The fraction of sp³-hybridized carbons (Fsp3) is 0.818. The van der Waals surface area contributed by atoms with Gasteiger partial charge < -0.3 is 9.64 Å². The lowest BCUT2D eigenvalue weighted by Crippen LogP contribution is -2.32. The van der Waals surface area contributed by atoms with Gasteiger partial charge in [-0.15, -0.1) is 0 Å². The molecule has 5 heteroatoms. The molecule has 2 rings (SSSR count). The molecule has 4 nitrogen and oxygen atoms in total. The van der Waals surface area contributed by atoms with E-state index in [1.807, 2.05) is 0 Å². The van der Waals surface area contributed by atoms with Crippen molar-refractivity contribution < 1.29 is 4.74 Å². The van der Waals surface area contributed by atoms with Crippen molar-refractivity contribution in [3.63, 3.8) is 0 Å². The zero-order valence-electron chi connectivity index (χ0n) is 10.1. The predicted octanol–water partition coefficient (Wildman–Crippen LogP) is 2.10. The molecule has 2 atom stereocenters. The van der Waals surface area contributed by atoms with Crippen molar-refractivity contribution >= 4 is 16.7 Å². The fourth-order valence-electron chi connectivity index (χ4n) is 2.22. The van der Waals surface area contributed by atoms with Gasteiger partial charge in [0.25, 0.3) is 0 Å². The highest BCUT2D eigenvalue weighted by Gasteiger charge is 2.29. The molecule has 0 bridgehead atoms. The summed E-state index contributed by atoms with van der Waals surface area (Å²) in [6.45, 7) is 5.22. The average molecular weight is 241 g/mol. The van der Waals surface area contributed by atoms with Crippen LogP contribution in [0, 0.1) is 0 Å². The first kappa shape index (κ1) is 11.8. The molecular weight excluding hydrogens is 222 g/mol. The molecule has 1 saturated heterocycles. The Labute approximate surface area is 101 Å². The Balaban J connectivity index is 2.06. The highest BCUT2D eigenvalue weighted by Crippen LogP contribution is 2.31. The van der Waals surface area contributed by atoms with E-state index in [0.29, 0.717) is 18.7 Å². The van der Waals surface area contributed by atoms with Gasteiger partial charge in [-0.05, 0) is 26.7 Å². The first-order valence-corrected chi connectivity index (χ1v) is 6.59. The first-order valence-electron chi connectivity index (χ1n) is 5.82. The van der Waals surface area contributed by atoms with Gasteiger partial charge in [0.1, 0.15) is 5.82 Å². The summed E-state index contributed by atoms with van der Waals surface area (Å²) >= 11 is 1.51. The zero-order chi connectivity index (χ0) is 11.5. The second-order valence-electron chi connectivity index (χ2n) is 4.42. The molecule has 0 radical (unpaired) electrons. The molecule has 1 aliphatic rings. The second kappa shape index (κ2) is 5.10. The van der Waals surface area contributed by atoms with Crippen molar-refractivity contribution in [1.29, 1.82) is 0 Å². The molecule has 0 N–H and O–H groups in total. The van der Waals surface area contributed by atoms with Crippen LogP contribution in [-0.2, 0) is 11.2 Å². The standard InChI is InChI=1S/C11H19N3OS/c1-8-4-5-9(2)14(8)11-12-10(13-16-11)6-7-15-3/h8-9H,4-7H2,1-3H3. The molecule has 16 heavy (non-hydrogen) atoms. The summed E-state index contributed by atoms with van der Waals surface area (Å²) in [5.74, 6) is 0.910. The minimum atomic E-state index is 0.596. The van der Waals surface area contributed by atoms with E-state index in [2.05, 4.69) is 28.1 Å². The third-order valence-corrected chi connectivity index (χ3v) is 3.93. The van der Waals surface area contributed by atoms with E-state index >= 15 is 0 Å². The van der Waals surface area contributed by atoms with E-state index in [9.17, 15) is 0 Å². The Bertz CT molecular complexity index is 332. The highest BCUT2D eigenvalue weighted by molar-refractivity contribution is 7.09.